The van der Waals surface area contributed by atoms with Gasteiger partial charge in [-0.05, 0) is 51.5 Å². The summed E-state index contributed by atoms with van der Waals surface area (Å²) in [6.45, 7) is 10.3. The van der Waals surface area contributed by atoms with Gasteiger partial charge in [0, 0.05) is 23.8 Å². The fraction of sp³-hybridized carbons (Fsp3) is 0.611. The van der Waals surface area contributed by atoms with Crippen molar-refractivity contribution in [1.82, 2.24) is 10.3 Å². The van der Waals surface area contributed by atoms with Crippen LogP contribution in [0.3, 0.4) is 0 Å². The Balaban J connectivity index is 1.95. The van der Waals surface area contributed by atoms with Crippen molar-refractivity contribution in [2.45, 2.75) is 52.6 Å². The van der Waals surface area contributed by atoms with E-state index < -0.39 is 0 Å². The van der Waals surface area contributed by atoms with Crippen LogP contribution < -0.4 is 10.1 Å². The van der Waals surface area contributed by atoms with Crippen LogP contribution in [0.4, 0.5) is 0 Å². The van der Waals surface area contributed by atoms with Crippen molar-refractivity contribution in [2.24, 2.45) is 11.8 Å². The van der Waals surface area contributed by atoms with Gasteiger partial charge in [-0.3, -0.25) is 0 Å². The number of aromatic nitrogens is 1. The van der Waals surface area contributed by atoms with Crippen molar-refractivity contribution in [3.63, 3.8) is 0 Å². The molecule has 0 aliphatic heterocycles. The fourth-order valence-corrected chi connectivity index (χ4v) is 2.47. The van der Waals surface area contributed by atoms with Crippen LogP contribution in [0, 0.1) is 11.8 Å². The van der Waals surface area contributed by atoms with E-state index in [1.807, 2.05) is 6.07 Å². The second kappa shape index (κ2) is 7.08. The zero-order chi connectivity index (χ0) is 15.3. The number of nitrogens with zero attached hydrogens (tertiary/aromatic N) is 1. The Bertz CT molecular complexity index is 476. The van der Waals surface area contributed by atoms with Gasteiger partial charge in [0.2, 0.25) is 5.88 Å². The molecule has 0 fully saturated rings. The second-order valence-corrected chi connectivity index (χ2v) is 7.06. The SMILES string of the molecule is CC1CC=CCC1COc1ncccc1CNC(C)(C)C. The Kier molecular flexibility index (Phi) is 5.40. The van der Waals surface area contributed by atoms with E-state index in [4.69, 9.17) is 4.74 Å². The first-order valence-electron chi connectivity index (χ1n) is 7.92. The summed E-state index contributed by atoms with van der Waals surface area (Å²) < 4.78 is 6.03. The zero-order valence-electron chi connectivity index (χ0n) is 13.7. The van der Waals surface area contributed by atoms with Gasteiger partial charge in [-0.1, -0.05) is 25.1 Å². The van der Waals surface area contributed by atoms with Gasteiger partial charge < -0.3 is 10.1 Å². The van der Waals surface area contributed by atoms with E-state index in [1.54, 1.807) is 6.20 Å². The summed E-state index contributed by atoms with van der Waals surface area (Å²) in [5.41, 5.74) is 1.22. The number of hydrogen-bond acceptors (Lipinski definition) is 3. The summed E-state index contributed by atoms with van der Waals surface area (Å²) in [5.74, 6) is 2.06. The molecule has 3 heteroatoms. The quantitative estimate of drug-likeness (QED) is 0.833. The Labute approximate surface area is 128 Å². The maximum absolute atomic E-state index is 6.03. The van der Waals surface area contributed by atoms with E-state index in [2.05, 4.69) is 56.2 Å². The van der Waals surface area contributed by atoms with Gasteiger partial charge in [-0.15, -0.1) is 0 Å². The van der Waals surface area contributed by atoms with Gasteiger partial charge in [0.05, 0.1) is 6.61 Å². The average molecular weight is 288 g/mol. The van der Waals surface area contributed by atoms with E-state index >= 15 is 0 Å². The maximum atomic E-state index is 6.03. The highest BCUT2D eigenvalue weighted by Crippen LogP contribution is 2.26. The van der Waals surface area contributed by atoms with Gasteiger partial charge in [-0.25, -0.2) is 4.98 Å². The van der Waals surface area contributed by atoms with E-state index in [0.29, 0.717) is 11.8 Å². The molecule has 1 N–H and O–H groups in total. The fourth-order valence-electron chi connectivity index (χ4n) is 2.47. The van der Waals surface area contributed by atoms with Crippen LogP contribution in [0.15, 0.2) is 30.5 Å². The molecule has 21 heavy (non-hydrogen) atoms. The third kappa shape index (κ3) is 5.16. The van der Waals surface area contributed by atoms with Crippen molar-refractivity contribution in [2.75, 3.05) is 6.61 Å². The molecule has 2 atom stereocenters. The lowest BCUT2D eigenvalue weighted by atomic mass is 9.85. The smallest absolute Gasteiger partial charge is 0.217 e. The molecule has 2 unspecified atom stereocenters. The number of nitrogens with one attached hydrogen (secondary N) is 1. The van der Waals surface area contributed by atoms with Crippen molar-refractivity contribution in [3.05, 3.63) is 36.0 Å². The second-order valence-electron chi connectivity index (χ2n) is 7.06. The number of rotatable bonds is 5. The number of allylic oxidation sites excluding steroid dienone is 2. The van der Waals surface area contributed by atoms with Gasteiger partial charge in [0.25, 0.3) is 0 Å². The minimum atomic E-state index is 0.0930. The molecule has 0 aromatic carbocycles. The molecule has 116 valence electrons. The lowest BCUT2D eigenvalue weighted by molar-refractivity contribution is 0.190. The molecule has 1 heterocycles. The summed E-state index contributed by atoms with van der Waals surface area (Å²) in [6.07, 6.45) is 8.63. The number of hydrogen-bond donors (Lipinski definition) is 1. The first-order chi connectivity index (χ1) is 9.96. The van der Waals surface area contributed by atoms with Crippen LogP contribution >= 0.6 is 0 Å². The Morgan fingerprint density at radius 1 is 1.29 bits per heavy atom. The van der Waals surface area contributed by atoms with Gasteiger partial charge in [0.1, 0.15) is 0 Å². The van der Waals surface area contributed by atoms with Crippen molar-refractivity contribution in [1.29, 1.82) is 0 Å². The Morgan fingerprint density at radius 3 is 2.76 bits per heavy atom. The van der Waals surface area contributed by atoms with Gasteiger partial charge >= 0.3 is 0 Å². The molecule has 2 rings (SSSR count). The molecule has 0 radical (unpaired) electrons. The normalized spacial score (nSPS) is 22.3. The average Bonchev–Trinajstić information content (AvgIpc) is 2.44. The van der Waals surface area contributed by atoms with Crippen LogP contribution in [0.1, 0.15) is 46.1 Å². The summed E-state index contributed by atoms with van der Waals surface area (Å²) in [6, 6.07) is 4.06. The minimum absolute atomic E-state index is 0.0930. The molecule has 0 saturated carbocycles. The van der Waals surface area contributed by atoms with Crippen molar-refractivity contribution < 1.29 is 4.74 Å². The number of pyridine rings is 1. The molecule has 0 amide bonds. The summed E-state index contributed by atoms with van der Waals surface area (Å²) in [5, 5.41) is 3.49. The lowest BCUT2D eigenvalue weighted by Crippen LogP contribution is -2.35. The van der Waals surface area contributed by atoms with Crippen LogP contribution in [0.5, 0.6) is 5.88 Å². The highest BCUT2D eigenvalue weighted by molar-refractivity contribution is 5.25. The van der Waals surface area contributed by atoms with Crippen LogP contribution in [-0.2, 0) is 6.54 Å². The zero-order valence-corrected chi connectivity index (χ0v) is 13.7. The predicted octanol–water partition coefficient (Wildman–Crippen LogP) is 3.95. The maximum Gasteiger partial charge on any atom is 0.217 e. The largest absolute Gasteiger partial charge is 0.477 e. The molecular weight excluding hydrogens is 260 g/mol. The molecule has 1 aromatic heterocycles. The topological polar surface area (TPSA) is 34.1 Å². The van der Waals surface area contributed by atoms with Crippen LogP contribution in [0.25, 0.3) is 0 Å². The molecule has 1 aliphatic rings. The van der Waals surface area contributed by atoms with Gasteiger partial charge in [-0.2, -0.15) is 0 Å². The summed E-state index contributed by atoms with van der Waals surface area (Å²) >= 11 is 0. The van der Waals surface area contributed by atoms with Crippen LogP contribution in [-0.4, -0.2) is 17.1 Å². The number of ether oxygens (including phenoxy) is 1. The highest BCUT2D eigenvalue weighted by Gasteiger charge is 2.20. The predicted molar refractivity (Wildman–Crippen MR) is 87.4 cm³/mol. The molecular formula is C18H28N2O. The molecule has 0 spiro atoms. The summed E-state index contributed by atoms with van der Waals surface area (Å²) in [4.78, 5) is 4.41. The Morgan fingerprint density at radius 2 is 2.05 bits per heavy atom. The van der Waals surface area contributed by atoms with E-state index in [-0.39, 0.29) is 5.54 Å². The van der Waals surface area contributed by atoms with Crippen LogP contribution in [0.2, 0.25) is 0 Å². The first-order valence-corrected chi connectivity index (χ1v) is 7.92. The summed E-state index contributed by atoms with van der Waals surface area (Å²) in [7, 11) is 0. The molecule has 1 aliphatic carbocycles. The van der Waals surface area contributed by atoms with E-state index in [9.17, 15) is 0 Å². The first kappa shape index (κ1) is 16.0. The highest BCUT2D eigenvalue weighted by atomic mass is 16.5. The van der Waals surface area contributed by atoms with E-state index in [1.165, 1.54) is 0 Å². The Hall–Kier alpha value is -1.35. The molecule has 0 saturated heterocycles. The molecule has 1 aromatic rings. The lowest BCUT2D eigenvalue weighted by Gasteiger charge is -2.26. The monoisotopic (exact) mass is 288 g/mol. The molecule has 3 nitrogen and oxygen atoms in total. The minimum Gasteiger partial charge on any atom is -0.477 e. The van der Waals surface area contributed by atoms with Crippen molar-refractivity contribution >= 4 is 0 Å². The molecule has 0 bridgehead atoms. The van der Waals surface area contributed by atoms with E-state index in [0.717, 1.165) is 37.4 Å². The standard InChI is InChI=1S/C18H28N2O/c1-14-8-5-6-9-16(14)13-21-17-15(10-7-11-19-17)12-20-18(2,3)4/h5-7,10-11,14,16,20H,8-9,12-13H2,1-4H3. The van der Waals surface area contributed by atoms with Crippen molar-refractivity contribution in [3.8, 4) is 5.88 Å². The third-order valence-electron chi connectivity index (χ3n) is 4.01. The van der Waals surface area contributed by atoms with Gasteiger partial charge in [0.15, 0.2) is 0 Å². The third-order valence-corrected chi connectivity index (χ3v) is 4.01.